The Labute approximate surface area is 148 Å². The Morgan fingerprint density at radius 1 is 1.08 bits per heavy atom. The molecule has 0 bridgehead atoms. The van der Waals surface area contributed by atoms with Crippen LogP contribution in [0.25, 0.3) is 0 Å². The Hall–Kier alpha value is -2.82. The molecule has 0 aromatic heterocycles. The van der Waals surface area contributed by atoms with Gasteiger partial charge in [0.25, 0.3) is 5.91 Å². The number of amides is 1. The van der Waals surface area contributed by atoms with Gasteiger partial charge in [-0.05, 0) is 48.2 Å². The number of carbonyl (C=O) groups excluding carboxylic acids is 1. The van der Waals surface area contributed by atoms with Crippen LogP contribution in [0.3, 0.4) is 0 Å². The maximum atomic E-state index is 12.2. The summed E-state index contributed by atoms with van der Waals surface area (Å²) in [5, 5.41) is 13.8. The van der Waals surface area contributed by atoms with E-state index in [-0.39, 0.29) is 17.1 Å². The summed E-state index contributed by atoms with van der Waals surface area (Å²) in [6, 6.07) is 12.4. The van der Waals surface area contributed by atoms with Gasteiger partial charge in [-0.25, -0.2) is 5.43 Å². The number of phenols is 1. The van der Waals surface area contributed by atoms with Crippen molar-refractivity contribution in [2.75, 3.05) is 7.11 Å². The molecule has 5 heteroatoms. The molecule has 0 aliphatic heterocycles. The number of aromatic hydroxyl groups is 1. The third-order valence-electron chi connectivity index (χ3n) is 3.94. The summed E-state index contributed by atoms with van der Waals surface area (Å²) in [5.74, 6) is 0.142. The van der Waals surface area contributed by atoms with Crippen LogP contribution in [0.2, 0.25) is 0 Å². The maximum Gasteiger partial charge on any atom is 0.271 e. The topological polar surface area (TPSA) is 70.9 Å². The van der Waals surface area contributed by atoms with Gasteiger partial charge in [0.05, 0.1) is 12.8 Å². The largest absolute Gasteiger partial charge is 0.504 e. The molecule has 2 N–H and O–H groups in total. The fourth-order valence-corrected chi connectivity index (χ4v) is 2.29. The highest BCUT2D eigenvalue weighted by Gasteiger charge is 2.14. The normalized spacial score (nSPS) is 12.0. The molecule has 0 heterocycles. The molecule has 0 radical (unpaired) electrons. The molecule has 1 amide bonds. The van der Waals surface area contributed by atoms with E-state index in [9.17, 15) is 9.90 Å². The van der Waals surface area contributed by atoms with Crippen LogP contribution < -0.4 is 10.2 Å². The lowest BCUT2D eigenvalue weighted by Crippen LogP contribution is -2.20. The first-order valence-corrected chi connectivity index (χ1v) is 8.05. The van der Waals surface area contributed by atoms with Gasteiger partial charge in [0.2, 0.25) is 0 Å². The van der Waals surface area contributed by atoms with Crippen LogP contribution in [0, 0.1) is 0 Å². The van der Waals surface area contributed by atoms with Gasteiger partial charge in [-0.3, -0.25) is 4.79 Å². The van der Waals surface area contributed by atoms with Gasteiger partial charge >= 0.3 is 0 Å². The smallest absolute Gasteiger partial charge is 0.271 e. The highest BCUT2D eigenvalue weighted by Crippen LogP contribution is 2.26. The van der Waals surface area contributed by atoms with Crippen LogP contribution in [-0.2, 0) is 5.41 Å². The molecule has 0 atom stereocenters. The predicted octanol–water partition coefficient (Wildman–Crippen LogP) is 3.85. The van der Waals surface area contributed by atoms with Gasteiger partial charge in [0.1, 0.15) is 0 Å². The second-order valence-corrected chi connectivity index (χ2v) is 6.85. The molecule has 0 aliphatic carbocycles. The highest BCUT2D eigenvalue weighted by molar-refractivity contribution is 6.01. The number of nitrogens with one attached hydrogen (secondary N) is 1. The first-order chi connectivity index (χ1) is 11.7. The van der Waals surface area contributed by atoms with Crippen molar-refractivity contribution in [3.05, 3.63) is 59.2 Å². The maximum absolute atomic E-state index is 12.2. The fourth-order valence-electron chi connectivity index (χ4n) is 2.29. The number of hydrogen-bond acceptors (Lipinski definition) is 4. The van der Waals surface area contributed by atoms with Crippen molar-refractivity contribution in [2.24, 2.45) is 5.10 Å². The van der Waals surface area contributed by atoms with Crippen LogP contribution in [-0.4, -0.2) is 23.8 Å². The zero-order valence-electron chi connectivity index (χ0n) is 15.3. The summed E-state index contributed by atoms with van der Waals surface area (Å²) < 4.78 is 5.08. The SMILES string of the molecule is COc1cc(C(C)=NNC(=O)c2ccc(C(C)(C)C)cc2)ccc1O. The van der Waals surface area contributed by atoms with Crippen molar-refractivity contribution in [1.29, 1.82) is 0 Å². The summed E-state index contributed by atoms with van der Waals surface area (Å²) in [4.78, 5) is 12.2. The number of methoxy groups -OCH3 is 1. The van der Waals surface area contributed by atoms with Crippen molar-refractivity contribution >= 4 is 11.6 Å². The molecule has 132 valence electrons. The molecule has 25 heavy (non-hydrogen) atoms. The van der Waals surface area contributed by atoms with Crippen molar-refractivity contribution in [1.82, 2.24) is 5.43 Å². The summed E-state index contributed by atoms with van der Waals surface area (Å²) in [6.07, 6.45) is 0. The molecular formula is C20H24N2O3. The minimum absolute atomic E-state index is 0.0433. The van der Waals surface area contributed by atoms with Crippen molar-refractivity contribution in [3.8, 4) is 11.5 Å². The number of hydrogen-bond donors (Lipinski definition) is 2. The molecule has 2 rings (SSSR count). The summed E-state index contributed by atoms with van der Waals surface area (Å²) >= 11 is 0. The molecule has 0 fully saturated rings. The third-order valence-corrected chi connectivity index (χ3v) is 3.94. The molecule has 0 saturated heterocycles. The zero-order valence-corrected chi connectivity index (χ0v) is 15.3. The molecule has 5 nitrogen and oxygen atoms in total. The molecule has 0 spiro atoms. The van der Waals surface area contributed by atoms with E-state index in [1.807, 2.05) is 12.1 Å². The van der Waals surface area contributed by atoms with Gasteiger partial charge in [0.15, 0.2) is 11.5 Å². The minimum Gasteiger partial charge on any atom is -0.504 e. The number of nitrogens with zero attached hydrogens (tertiary/aromatic N) is 1. The summed E-state index contributed by atoms with van der Waals surface area (Å²) in [6.45, 7) is 8.15. The Kier molecular flexibility index (Phi) is 5.47. The van der Waals surface area contributed by atoms with E-state index in [1.54, 1.807) is 31.2 Å². The van der Waals surface area contributed by atoms with Crippen LogP contribution in [0.1, 0.15) is 49.2 Å². The van der Waals surface area contributed by atoms with E-state index in [1.165, 1.54) is 18.7 Å². The highest BCUT2D eigenvalue weighted by atomic mass is 16.5. The lowest BCUT2D eigenvalue weighted by atomic mass is 9.87. The van der Waals surface area contributed by atoms with Crippen LogP contribution in [0.4, 0.5) is 0 Å². The van der Waals surface area contributed by atoms with Crippen LogP contribution in [0.15, 0.2) is 47.6 Å². The Morgan fingerprint density at radius 3 is 2.24 bits per heavy atom. The minimum atomic E-state index is -0.273. The van der Waals surface area contributed by atoms with Gasteiger partial charge < -0.3 is 9.84 Å². The average Bonchev–Trinajstić information content (AvgIpc) is 2.59. The lowest BCUT2D eigenvalue weighted by Gasteiger charge is -2.18. The number of ether oxygens (including phenoxy) is 1. The van der Waals surface area contributed by atoms with Crippen LogP contribution >= 0.6 is 0 Å². The molecule has 0 aliphatic rings. The first-order valence-electron chi connectivity index (χ1n) is 8.05. The van der Waals surface area contributed by atoms with Gasteiger partial charge in [-0.15, -0.1) is 0 Å². The number of carbonyl (C=O) groups is 1. The third kappa shape index (κ3) is 4.59. The Balaban J connectivity index is 2.11. The van der Waals surface area contributed by atoms with E-state index >= 15 is 0 Å². The van der Waals surface area contributed by atoms with Gasteiger partial charge in [0, 0.05) is 11.1 Å². The van der Waals surface area contributed by atoms with Crippen molar-refractivity contribution in [3.63, 3.8) is 0 Å². The fraction of sp³-hybridized carbons (Fsp3) is 0.300. The number of hydrazone groups is 1. The molecular weight excluding hydrogens is 316 g/mol. The number of benzene rings is 2. The average molecular weight is 340 g/mol. The standard InChI is InChI=1S/C20H24N2O3/c1-13(15-8-11-17(23)18(12-15)25-5)21-22-19(24)14-6-9-16(10-7-14)20(2,3)4/h6-12,23H,1-5H3,(H,22,24). The second kappa shape index (κ2) is 7.38. The van der Waals surface area contributed by atoms with E-state index in [4.69, 9.17) is 4.74 Å². The molecule has 2 aromatic carbocycles. The monoisotopic (exact) mass is 340 g/mol. The van der Waals surface area contributed by atoms with Crippen molar-refractivity contribution in [2.45, 2.75) is 33.1 Å². The predicted molar refractivity (Wildman–Crippen MR) is 99.5 cm³/mol. The second-order valence-electron chi connectivity index (χ2n) is 6.85. The molecule has 0 saturated carbocycles. The summed E-state index contributed by atoms with van der Waals surface area (Å²) in [5.41, 5.74) is 5.67. The molecule has 0 unspecified atom stereocenters. The van der Waals surface area contributed by atoms with Gasteiger partial charge in [-0.2, -0.15) is 5.10 Å². The number of phenolic OH excluding ortho intramolecular Hbond substituents is 1. The first kappa shape index (κ1) is 18.5. The van der Waals surface area contributed by atoms with Gasteiger partial charge in [-0.1, -0.05) is 32.9 Å². The lowest BCUT2D eigenvalue weighted by molar-refractivity contribution is 0.0955. The molecule has 2 aromatic rings. The quantitative estimate of drug-likeness (QED) is 0.656. The number of rotatable bonds is 4. The zero-order chi connectivity index (χ0) is 18.6. The van der Waals surface area contributed by atoms with E-state index in [2.05, 4.69) is 31.3 Å². The van der Waals surface area contributed by atoms with E-state index < -0.39 is 0 Å². The Bertz CT molecular complexity index is 788. The summed E-state index contributed by atoms with van der Waals surface area (Å²) in [7, 11) is 1.48. The van der Waals surface area contributed by atoms with Crippen molar-refractivity contribution < 1.29 is 14.6 Å². The van der Waals surface area contributed by atoms with E-state index in [0.29, 0.717) is 17.0 Å². The van der Waals surface area contributed by atoms with E-state index in [0.717, 1.165) is 5.56 Å². The van der Waals surface area contributed by atoms with Crippen LogP contribution in [0.5, 0.6) is 11.5 Å². The Morgan fingerprint density at radius 2 is 1.68 bits per heavy atom.